The van der Waals surface area contributed by atoms with Crippen LogP contribution >= 0.6 is 11.6 Å². The molecule has 0 N–H and O–H groups in total. The number of hydrogen-bond acceptors (Lipinski definition) is 3. The first-order valence-corrected chi connectivity index (χ1v) is 5.86. The Hall–Kier alpha value is -0.830. The van der Waals surface area contributed by atoms with Gasteiger partial charge in [0, 0.05) is 13.1 Å². The average molecular weight is 226 g/mol. The van der Waals surface area contributed by atoms with Gasteiger partial charge < -0.3 is 4.90 Å². The number of halogens is 1. The smallest absolute Gasteiger partial charge is 0.147 e. The van der Waals surface area contributed by atoms with Crippen molar-refractivity contribution >= 4 is 17.4 Å². The van der Waals surface area contributed by atoms with Crippen LogP contribution in [0.4, 0.5) is 5.82 Å². The highest BCUT2D eigenvalue weighted by molar-refractivity contribution is 6.16. The van der Waals surface area contributed by atoms with E-state index in [0.29, 0.717) is 5.88 Å². The third kappa shape index (κ3) is 2.23. The quantitative estimate of drug-likeness (QED) is 0.724. The average Bonchev–Trinajstić information content (AvgIpc) is 2.59. The first kappa shape index (κ1) is 10.7. The van der Waals surface area contributed by atoms with Crippen LogP contribution in [0.3, 0.4) is 0 Å². The monoisotopic (exact) mass is 225 g/mol. The molecule has 2 rings (SSSR count). The molecule has 2 unspecified atom stereocenters. The van der Waals surface area contributed by atoms with Crippen molar-refractivity contribution in [2.45, 2.75) is 19.7 Å². The van der Waals surface area contributed by atoms with E-state index in [1.807, 2.05) is 6.20 Å². The standard InChI is InChI=1S/C11H16ClN3/c1-8-6-15(7-9(8)2)11-5-13-10(3-12)4-14-11/h4-5,8-9H,3,6-7H2,1-2H3. The molecule has 0 amide bonds. The van der Waals surface area contributed by atoms with Gasteiger partial charge in [-0.15, -0.1) is 11.6 Å². The van der Waals surface area contributed by atoms with Crippen LogP contribution in [0.1, 0.15) is 19.5 Å². The van der Waals surface area contributed by atoms with Crippen LogP contribution in [0, 0.1) is 11.8 Å². The summed E-state index contributed by atoms with van der Waals surface area (Å²) in [7, 11) is 0. The molecule has 82 valence electrons. The molecular weight excluding hydrogens is 210 g/mol. The van der Waals surface area contributed by atoms with Crippen LogP contribution in [0.25, 0.3) is 0 Å². The maximum atomic E-state index is 5.67. The van der Waals surface area contributed by atoms with Crippen LogP contribution in [0.2, 0.25) is 0 Å². The fraction of sp³-hybridized carbons (Fsp3) is 0.636. The van der Waals surface area contributed by atoms with Crippen LogP contribution in [-0.4, -0.2) is 23.1 Å². The van der Waals surface area contributed by atoms with Gasteiger partial charge in [-0.3, -0.25) is 4.98 Å². The zero-order valence-electron chi connectivity index (χ0n) is 9.15. The van der Waals surface area contributed by atoms with E-state index in [9.17, 15) is 0 Å². The lowest BCUT2D eigenvalue weighted by molar-refractivity contribution is 0.494. The predicted molar refractivity (Wildman–Crippen MR) is 62.1 cm³/mol. The van der Waals surface area contributed by atoms with E-state index in [0.717, 1.165) is 36.4 Å². The molecule has 1 saturated heterocycles. The Morgan fingerprint density at radius 1 is 1.27 bits per heavy atom. The number of hydrogen-bond donors (Lipinski definition) is 0. The van der Waals surface area contributed by atoms with Crippen molar-refractivity contribution in [2.75, 3.05) is 18.0 Å². The van der Waals surface area contributed by atoms with Gasteiger partial charge in [0.2, 0.25) is 0 Å². The molecule has 1 aliphatic heterocycles. The third-order valence-electron chi connectivity index (χ3n) is 3.14. The zero-order chi connectivity index (χ0) is 10.8. The Bertz CT molecular complexity index is 315. The summed E-state index contributed by atoms with van der Waals surface area (Å²) in [5.41, 5.74) is 0.834. The molecule has 0 saturated carbocycles. The summed E-state index contributed by atoms with van der Waals surface area (Å²) in [6.45, 7) is 6.72. The van der Waals surface area contributed by atoms with Gasteiger partial charge in [-0.05, 0) is 11.8 Å². The van der Waals surface area contributed by atoms with Crippen molar-refractivity contribution in [2.24, 2.45) is 11.8 Å². The third-order valence-corrected chi connectivity index (χ3v) is 3.41. The second-order valence-corrected chi connectivity index (χ2v) is 4.63. The van der Waals surface area contributed by atoms with Gasteiger partial charge in [0.15, 0.2) is 0 Å². The molecule has 2 atom stereocenters. The summed E-state index contributed by atoms with van der Waals surface area (Å²) in [6.07, 6.45) is 3.58. The lowest BCUT2D eigenvalue weighted by atomic mass is 10.0. The molecule has 1 fully saturated rings. The number of alkyl halides is 1. The van der Waals surface area contributed by atoms with E-state index in [1.165, 1.54) is 0 Å². The van der Waals surface area contributed by atoms with Crippen molar-refractivity contribution in [1.82, 2.24) is 9.97 Å². The Kier molecular flexibility index (Phi) is 3.10. The molecule has 1 aromatic rings. The summed E-state index contributed by atoms with van der Waals surface area (Å²) in [4.78, 5) is 10.9. The van der Waals surface area contributed by atoms with Crippen molar-refractivity contribution in [3.8, 4) is 0 Å². The maximum Gasteiger partial charge on any atom is 0.147 e. The highest BCUT2D eigenvalue weighted by Gasteiger charge is 2.26. The van der Waals surface area contributed by atoms with E-state index < -0.39 is 0 Å². The van der Waals surface area contributed by atoms with E-state index in [-0.39, 0.29) is 0 Å². The first-order chi connectivity index (χ1) is 7.20. The minimum Gasteiger partial charge on any atom is -0.355 e. The molecule has 1 aliphatic rings. The minimum absolute atomic E-state index is 0.431. The molecule has 0 bridgehead atoms. The minimum atomic E-state index is 0.431. The van der Waals surface area contributed by atoms with Crippen LogP contribution in [-0.2, 0) is 5.88 Å². The molecule has 2 heterocycles. The van der Waals surface area contributed by atoms with E-state index in [4.69, 9.17) is 11.6 Å². The van der Waals surface area contributed by atoms with Crippen molar-refractivity contribution in [1.29, 1.82) is 0 Å². The SMILES string of the molecule is CC1CN(c2cnc(CCl)cn2)CC1C. The molecular formula is C11H16ClN3. The number of nitrogens with zero attached hydrogens (tertiary/aromatic N) is 3. The van der Waals surface area contributed by atoms with Crippen molar-refractivity contribution in [3.05, 3.63) is 18.1 Å². The summed E-state index contributed by atoms with van der Waals surface area (Å²) >= 11 is 5.67. The number of anilines is 1. The lowest BCUT2D eigenvalue weighted by Gasteiger charge is -2.16. The molecule has 0 aliphatic carbocycles. The van der Waals surface area contributed by atoms with Crippen molar-refractivity contribution in [3.63, 3.8) is 0 Å². The fourth-order valence-electron chi connectivity index (χ4n) is 1.90. The van der Waals surface area contributed by atoms with Gasteiger partial charge in [-0.1, -0.05) is 13.8 Å². The predicted octanol–water partition coefficient (Wildman–Crippen LogP) is 2.31. The second-order valence-electron chi connectivity index (χ2n) is 4.36. The largest absolute Gasteiger partial charge is 0.355 e. The van der Waals surface area contributed by atoms with Crippen LogP contribution in [0.15, 0.2) is 12.4 Å². The fourth-order valence-corrected chi connectivity index (χ4v) is 2.04. The highest BCUT2D eigenvalue weighted by atomic mass is 35.5. The first-order valence-electron chi connectivity index (χ1n) is 5.32. The molecule has 0 spiro atoms. The van der Waals surface area contributed by atoms with Gasteiger partial charge >= 0.3 is 0 Å². The Morgan fingerprint density at radius 2 is 1.93 bits per heavy atom. The molecule has 3 nitrogen and oxygen atoms in total. The lowest BCUT2D eigenvalue weighted by Crippen LogP contribution is -2.21. The van der Waals surface area contributed by atoms with Gasteiger partial charge in [0.25, 0.3) is 0 Å². The van der Waals surface area contributed by atoms with Gasteiger partial charge in [0.1, 0.15) is 5.82 Å². The summed E-state index contributed by atoms with van der Waals surface area (Å²) in [5, 5.41) is 0. The summed E-state index contributed by atoms with van der Waals surface area (Å²) in [6, 6.07) is 0. The second kappa shape index (κ2) is 4.35. The Balaban J connectivity index is 2.10. The van der Waals surface area contributed by atoms with E-state index >= 15 is 0 Å². The normalized spacial score (nSPS) is 25.9. The Labute approximate surface area is 95.5 Å². The molecule has 0 aromatic carbocycles. The summed E-state index contributed by atoms with van der Waals surface area (Å²) < 4.78 is 0. The molecule has 4 heteroatoms. The van der Waals surface area contributed by atoms with Crippen molar-refractivity contribution < 1.29 is 0 Å². The van der Waals surface area contributed by atoms with Crippen LogP contribution < -0.4 is 4.90 Å². The van der Waals surface area contributed by atoms with E-state index in [2.05, 4.69) is 28.7 Å². The molecule has 15 heavy (non-hydrogen) atoms. The topological polar surface area (TPSA) is 29.0 Å². The van der Waals surface area contributed by atoms with Gasteiger partial charge in [0.05, 0.1) is 24.0 Å². The zero-order valence-corrected chi connectivity index (χ0v) is 9.91. The Morgan fingerprint density at radius 3 is 2.40 bits per heavy atom. The molecule has 1 aromatic heterocycles. The van der Waals surface area contributed by atoms with E-state index in [1.54, 1.807) is 6.20 Å². The van der Waals surface area contributed by atoms with Gasteiger partial charge in [-0.2, -0.15) is 0 Å². The number of rotatable bonds is 2. The maximum absolute atomic E-state index is 5.67. The highest BCUT2D eigenvalue weighted by Crippen LogP contribution is 2.25. The van der Waals surface area contributed by atoms with Gasteiger partial charge in [-0.25, -0.2) is 4.98 Å². The van der Waals surface area contributed by atoms with Crippen LogP contribution in [0.5, 0.6) is 0 Å². The molecule has 0 radical (unpaired) electrons. The number of aromatic nitrogens is 2. The summed E-state index contributed by atoms with van der Waals surface area (Å²) in [5.74, 6) is 2.87.